The summed E-state index contributed by atoms with van der Waals surface area (Å²) in [5, 5.41) is 3.33. The molecule has 1 aliphatic rings. The molecule has 0 radical (unpaired) electrons. The molecular formula is C4H10N2. The predicted octanol–water partition coefficient (Wildman–Crippen LogP) is -0.821. The van der Waals surface area contributed by atoms with Crippen molar-refractivity contribution in [3.63, 3.8) is 0 Å². The fraction of sp³-hybridized carbons (Fsp3) is 1.00. The van der Waals surface area contributed by atoms with E-state index in [9.17, 15) is 0 Å². The molecule has 0 saturated carbocycles. The zero-order chi connectivity index (χ0) is 11.4. The van der Waals surface area contributed by atoms with Gasteiger partial charge in [0.15, 0.2) is 0 Å². The molecule has 0 aromatic heterocycles. The molecule has 1 rings (SSSR count). The van der Waals surface area contributed by atoms with Crippen LogP contribution < -0.4 is 10.6 Å². The van der Waals surface area contributed by atoms with Crippen molar-refractivity contribution in [2.24, 2.45) is 0 Å². The summed E-state index contributed by atoms with van der Waals surface area (Å²) < 4.78 is 57.4. The Labute approximate surface area is 49.2 Å². The Balaban J connectivity index is 3.07. The van der Waals surface area contributed by atoms with Gasteiger partial charge < -0.3 is 10.6 Å². The van der Waals surface area contributed by atoms with Gasteiger partial charge in [0.25, 0.3) is 0 Å². The maximum atomic E-state index is 7.17. The average Bonchev–Trinajstić information content (AvgIpc) is 1.78. The van der Waals surface area contributed by atoms with Crippen molar-refractivity contribution in [2.75, 3.05) is 26.0 Å². The first kappa shape index (κ1) is 0.740. The Morgan fingerprint density at radius 1 is 1.00 bits per heavy atom. The van der Waals surface area contributed by atoms with Gasteiger partial charge in [-0.2, -0.15) is 0 Å². The van der Waals surface area contributed by atoms with Crippen molar-refractivity contribution in [3.05, 3.63) is 0 Å². The van der Waals surface area contributed by atoms with Crippen LogP contribution in [0.25, 0.3) is 0 Å². The van der Waals surface area contributed by atoms with E-state index in [2.05, 4.69) is 0 Å². The molecular weight excluding hydrogens is 76.1 g/mol. The van der Waals surface area contributed by atoms with E-state index >= 15 is 0 Å². The maximum Gasteiger partial charge on any atom is 0.0441 e. The van der Waals surface area contributed by atoms with Gasteiger partial charge in [-0.15, -0.1) is 0 Å². The summed E-state index contributed by atoms with van der Waals surface area (Å²) >= 11 is 0. The highest BCUT2D eigenvalue weighted by molar-refractivity contribution is 4.59. The molecule has 0 spiro atoms. The standard InChI is InChI=1S/C4H10N2/c1-2-6-4-3-5-1/h5-6H,1-4H2/i1D2,2D2,3D2,4D2. The van der Waals surface area contributed by atoms with Crippen LogP contribution in [0.4, 0.5) is 0 Å². The van der Waals surface area contributed by atoms with Crippen LogP contribution in [-0.2, 0) is 0 Å². The van der Waals surface area contributed by atoms with Gasteiger partial charge in [-0.05, 0) is 0 Å². The molecule has 2 nitrogen and oxygen atoms in total. The number of piperazine rings is 1. The summed E-state index contributed by atoms with van der Waals surface area (Å²) in [5.41, 5.74) is 0. The molecule has 0 amide bonds. The van der Waals surface area contributed by atoms with Crippen LogP contribution in [0.2, 0.25) is 0 Å². The molecule has 1 fully saturated rings. The quantitative estimate of drug-likeness (QED) is 0.410. The Hall–Kier alpha value is -0.0800. The average molecular weight is 94.2 g/mol. The predicted molar refractivity (Wildman–Crippen MR) is 25.7 cm³/mol. The molecule has 1 saturated heterocycles. The van der Waals surface area contributed by atoms with Gasteiger partial charge in [0, 0.05) is 37.0 Å². The SMILES string of the molecule is [2H]C1([2H])NC([2H])([2H])C([2H])([2H])NC1([2H])[2H]. The van der Waals surface area contributed by atoms with Gasteiger partial charge in [0.1, 0.15) is 0 Å². The Kier molecular flexibility index (Phi) is 0.266. The Bertz CT molecular complexity index is 198. The van der Waals surface area contributed by atoms with Crippen molar-refractivity contribution in [3.8, 4) is 0 Å². The fourth-order valence-electron chi connectivity index (χ4n) is 0.188. The number of hydrogen-bond donors (Lipinski definition) is 2. The van der Waals surface area contributed by atoms with Gasteiger partial charge in [0.05, 0.1) is 0 Å². The zero-order valence-electron chi connectivity index (χ0n) is 11.0. The maximum absolute atomic E-state index is 7.17. The molecule has 36 valence electrons. The van der Waals surface area contributed by atoms with E-state index in [0.717, 1.165) is 0 Å². The number of rotatable bonds is 0. The second-order valence-corrected chi connectivity index (χ2v) is 0.750. The van der Waals surface area contributed by atoms with Gasteiger partial charge in [-0.25, -0.2) is 0 Å². The molecule has 2 heteroatoms. The summed E-state index contributed by atoms with van der Waals surface area (Å²) in [5.74, 6) is 0. The third kappa shape index (κ3) is 0.954. The second kappa shape index (κ2) is 2.16. The zero-order valence-corrected chi connectivity index (χ0v) is 3.00. The Morgan fingerprint density at radius 3 is 1.67 bits per heavy atom. The van der Waals surface area contributed by atoms with Crippen molar-refractivity contribution in [1.82, 2.24) is 10.6 Å². The van der Waals surface area contributed by atoms with Crippen molar-refractivity contribution in [2.45, 2.75) is 0 Å². The lowest BCUT2D eigenvalue weighted by molar-refractivity contribution is 0.534. The first-order chi connectivity index (χ1) is 5.91. The third-order valence-electron chi connectivity index (χ3n) is 0.375. The van der Waals surface area contributed by atoms with E-state index in [4.69, 9.17) is 11.0 Å². The highest BCUT2D eigenvalue weighted by Crippen LogP contribution is 1.65. The third-order valence-corrected chi connectivity index (χ3v) is 0.375. The fourth-order valence-corrected chi connectivity index (χ4v) is 0.188. The first-order valence-electron chi connectivity index (χ1n) is 5.50. The Morgan fingerprint density at radius 2 is 1.33 bits per heavy atom. The van der Waals surface area contributed by atoms with E-state index in [1.54, 1.807) is 10.6 Å². The first-order valence-corrected chi connectivity index (χ1v) is 1.50. The molecule has 0 atom stereocenters. The molecule has 0 bridgehead atoms. The minimum absolute atomic E-state index is 1.67. The molecule has 0 aromatic carbocycles. The van der Waals surface area contributed by atoms with Gasteiger partial charge in [-0.1, -0.05) is 0 Å². The van der Waals surface area contributed by atoms with E-state index in [-0.39, 0.29) is 0 Å². The van der Waals surface area contributed by atoms with E-state index in [0.29, 0.717) is 0 Å². The summed E-state index contributed by atoms with van der Waals surface area (Å²) in [7, 11) is 0. The highest BCUT2D eigenvalue weighted by Gasteiger charge is 1.91. The van der Waals surface area contributed by atoms with Crippen LogP contribution in [0.1, 0.15) is 11.0 Å². The van der Waals surface area contributed by atoms with Crippen molar-refractivity contribution < 1.29 is 11.0 Å². The topological polar surface area (TPSA) is 24.1 Å². The van der Waals surface area contributed by atoms with Crippen LogP contribution in [-0.4, -0.2) is 26.0 Å². The van der Waals surface area contributed by atoms with Gasteiger partial charge in [0.2, 0.25) is 0 Å². The number of hydrogen-bond acceptors (Lipinski definition) is 2. The van der Waals surface area contributed by atoms with E-state index in [1.165, 1.54) is 0 Å². The lowest BCUT2D eigenvalue weighted by atomic mass is 10.4. The summed E-state index contributed by atoms with van der Waals surface area (Å²) in [6.45, 7) is -10.7. The molecule has 1 aliphatic heterocycles. The minimum Gasteiger partial charge on any atom is -0.314 e. The normalized spacial score (nSPS) is 77.3. The molecule has 1 heterocycles. The van der Waals surface area contributed by atoms with Crippen LogP contribution >= 0.6 is 0 Å². The molecule has 0 aliphatic carbocycles. The van der Waals surface area contributed by atoms with Crippen LogP contribution in [0.15, 0.2) is 0 Å². The molecule has 0 aromatic rings. The van der Waals surface area contributed by atoms with Crippen LogP contribution in [0.3, 0.4) is 0 Å². The monoisotopic (exact) mass is 94.1 g/mol. The molecule has 2 N–H and O–H groups in total. The number of nitrogens with one attached hydrogen (secondary N) is 2. The van der Waals surface area contributed by atoms with Crippen LogP contribution in [0.5, 0.6) is 0 Å². The lowest BCUT2D eigenvalue weighted by Crippen LogP contribution is -2.39. The van der Waals surface area contributed by atoms with Crippen molar-refractivity contribution >= 4 is 0 Å². The van der Waals surface area contributed by atoms with E-state index < -0.39 is 26.0 Å². The summed E-state index contributed by atoms with van der Waals surface area (Å²) in [4.78, 5) is 0. The second-order valence-electron chi connectivity index (χ2n) is 0.750. The van der Waals surface area contributed by atoms with Gasteiger partial charge >= 0.3 is 0 Å². The van der Waals surface area contributed by atoms with E-state index in [1.807, 2.05) is 0 Å². The smallest absolute Gasteiger partial charge is 0.0441 e. The minimum atomic E-state index is -2.68. The summed E-state index contributed by atoms with van der Waals surface area (Å²) in [6.07, 6.45) is 0. The van der Waals surface area contributed by atoms with Gasteiger partial charge in [-0.3, -0.25) is 0 Å². The summed E-state index contributed by atoms with van der Waals surface area (Å²) in [6, 6.07) is 0. The lowest BCUT2D eigenvalue weighted by Gasteiger charge is -2.11. The highest BCUT2D eigenvalue weighted by atomic mass is 15.0. The van der Waals surface area contributed by atoms with Crippen LogP contribution in [0, 0.1) is 0 Å². The largest absolute Gasteiger partial charge is 0.314 e. The van der Waals surface area contributed by atoms with Crippen molar-refractivity contribution in [1.29, 1.82) is 0 Å². The molecule has 6 heavy (non-hydrogen) atoms. The molecule has 0 unspecified atom stereocenters.